The summed E-state index contributed by atoms with van der Waals surface area (Å²) in [4.78, 5) is 10.6. The summed E-state index contributed by atoms with van der Waals surface area (Å²) in [7, 11) is -1.29. The molecule has 1 aromatic rings. The molecule has 2 unspecified atom stereocenters. The second-order valence-corrected chi connectivity index (χ2v) is 5.69. The second-order valence-electron chi connectivity index (χ2n) is 4.18. The van der Waals surface area contributed by atoms with E-state index in [9.17, 15) is 9.00 Å². The van der Waals surface area contributed by atoms with Gasteiger partial charge in [-0.1, -0.05) is 23.8 Å². The van der Waals surface area contributed by atoms with Crippen LogP contribution in [0, 0.1) is 13.8 Å². The van der Waals surface area contributed by atoms with Crippen LogP contribution in [0.15, 0.2) is 18.2 Å². The predicted octanol–water partition coefficient (Wildman–Crippen LogP) is 0.537. The van der Waals surface area contributed by atoms with Crippen LogP contribution in [-0.4, -0.2) is 21.6 Å². The SMILES string of the molecule is Cc1ccc(C(N)CS(=O)CC(N)=O)c(C)c1. The summed E-state index contributed by atoms with van der Waals surface area (Å²) < 4.78 is 11.5. The highest BCUT2D eigenvalue weighted by Crippen LogP contribution is 2.17. The standard InChI is InChI=1S/C12H18N2O2S/c1-8-3-4-10(9(2)5-8)11(13)6-17(16)7-12(14)15/h3-5,11H,6-7,13H2,1-2H3,(H2,14,15). The largest absolute Gasteiger partial charge is 0.369 e. The van der Waals surface area contributed by atoms with Gasteiger partial charge in [0.2, 0.25) is 5.91 Å². The number of primary amides is 1. The minimum atomic E-state index is -1.29. The molecular formula is C12H18N2O2S. The average Bonchev–Trinajstić information content (AvgIpc) is 2.15. The van der Waals surface area contributed by atoms with Crippen LogP contribution in [-0.2, 0) is 15.6 Å². The monoisotopic (exact) mass is 254 g/mol. The van der Waals surface area contributed by atoms with Crippen LogP contribution in [0.1, 0.15) is 22.7 Å². The van der Waals surface area contributed by atoms with Crippen molar-refractivity contribution in [1.82, 2.24) is 0 Å². The van der Waals surface area contributed by atoms with Gasteiger partial charge in [0.25, 0.3) is 0 Å². The first-order valence-corrected chi connectivity index (χ1v) is 6.85. The summed E-state index contributed by atoms with van der Waals surface area (Å²) in [5, 5.41) is 0. The summed E-state index contributed by atoms with van der Waals surface area (Å²) in [6, 6.07) is 5.62. The van der Waals surface area contributed by atoms with Crippen molar-refractivity contribution >= 4 is 16.7 Å². The predicted molar refractivity (Wildman–Crippen MR) is 69.9 cm³/mol. The average molecular weight is 254 g/mol. The summed E-state index contributed by atoms with van der Waals surface area (Å²) in [5.41, 5.74) is 14.2. The Balaban J connectivity index is 2.73. The van der Waals surface area contributed by atoms with Crippen molar-refractivity contribution in [2.45, 2.75) is 19.9 Å². The van der Waals surface area contributed by atoms with E-state index in [2.05, 4.69) is 0 Å². The van der Waals surface area contributed by atoms with Gasteiger partial charge in [-0.2, -0.15) is 0 Å². The van der Waals surface area contributed by atoms with Crippen LogP contribution in [0.3, 0.4) is 0 Å². The number of rotatable bonds is 5. The number of amides is 1. The molecule has 1 aromatic carbocycles. The molecule has 0 saturated heterocycles. The van der Waals surface area contributed by atoms with Crippen molar-refractivity contribution in [3.63, 3.8) is 0 Å². The topological polar surface area (TPSA) is 86.2 Å². The fourth-order valence-corrected chi connectivity index (χ4v) is 2.76. The van der Waals surface area contributed by atoms with E-state index in [1.54, 1.807) is 0 Å². The summed E-state index contributed by atoms with van der Waals surface area (Å²) in [6.07, 6.45) is 0. The van der Waals surface area contributed by atoms with Crippen molar-refractivity contribution in [1.29, 1.82) is 0 Å². The Morgan fingerprint density at radius 1 is 1.41 bits per heavy atom. The highest BCUT2D eigenvalue weighted by molar-refractivity contribution is 7.85. The maximum atomic E-state index is 11.5. The fraction of sp³-hybridized carbons (Fsp3) is 0.417. The van der Waals surface area contributed by atoms with Gasteiger partial charge < -0.3 is 11.5 Å². The molecule has 5 heteroatoms. The molecule has 17 heavy (non-hydrogen) atoms. The van der Waals surface area contributed by atoms with E-state index in [-0.39, 0.29) is 17.5 Å². The van der Waals surface area contributed by atoms with E-state index in [0.717, 1.165) is 16.7 Å². The Labute approximate surface area is 104 Å². The molecule has 4 nitrogen and oxygen atoms in total. The highest BCUT2D eigenvalue weighted by atomic mass is 32.2. The van der Waals surface area contributed by atoms with Gasteiger partial charge >= 0.3 is 0 Å². The van der Waals surface area contributed by atoms with Gasteiger partial charge in [0.15, 0.2) is 0 Å². The molecule has 0 aliphatic rings. The third-order valence-electron chi connectivity index (χ3n) is 2.49. The molecule has 0 heterocycles. The molecule has 0 aromatic heterocycles. The summed E-state index contributed by atoms with van der Waals surface area (Å²) in [6.45, 7) is 3.98. The van der Waals surface area contributed by atoms with Gasteiger partial charge in [0.05, 0.1) is 0 Å². The Hall–Kier alpha value is -1.20. The van der Waals surface area contributed by atoms with Crippen LogP contribution >= 0.6 is 0 Å². The number of benzene rings is 1. The zero-order valence-electron chi connectivity index (χ0n) is 10.1. The van der Waals surface area contributed by atoms with Crippen molar-refractivity contribution in [2.75, 3.05) is 11.5 Å². The van der Waals surface area contributed by atoms with E-state index >= 15 is 0 Å². The van der Waals surface area contributed by atoms with E-state index in [1.165, 1.54) is 0 Å². The lowest BCUT2D eigenvalue weighted by Gasteiger charge is -2.14. The van der Waals surface area contributed by atoms with Crippen LogP contribution in [0.2, 0.25) is 0 Å². The van der Waals surface area contributed by atoms with Crippen LogP contribution in [0.25, 0.3) is 0 Å². The highest BCUT2D eigenvalue weighted by Gasteiger charge is 2.14. The number of hydrogen-bond acceptors (Lipinski definition) is 3. The van der Waals surface area contributed by atoms with Crippen LogP contribution in [0.5, 0.6) is 0 Å². The number of nitrogens with two attached hydrogens (primary N) is 2. The lowest BCUT2D eigenvalue weighted by Crippen LogP contribution is -2.26. The number of carbonyl (C=O) groups excluding carboxylic acids is 1. The van der Waals surface area contributed by atoms with Gasteiger partial charge in [-0.3, -0.25) is 9.00 Å². The molecule has 2 atom stereocenters. The summed E-state index contributed by atoms with van der Waals surface area (Å²) in [5.74, 6) is -0.429. The normalized spacial score (nSPS) is 14.3. The van der Waals surface area contributed by atoms with Crippen molar-refractivity contribution < 1.29 is 9.00 Å². The molecule has 0 fully saturated rings. The zero-order chi connectivity index (χ0) is 13.0. The van der Waals surface area contributed by atoms with Gasteiger partial charge in [-0.05, 0) is 25.0 Å². The molecule has 0 aliphatic carbocycles. The lowest BCUT2D eigenvalue weighted by molar-refractivity contribution is -0.115. The summed E-state index contributed by atoms with van der Waals surface area (Å²) >= 11 is 0. The Bertz CT molecular complexity index is 446. The molecule has 0 saturated carbocycles. The molecule has 0 aliphatic heterocycles. The number of hydrogen-bond donors (Lipinski definition) is 2. The first-order valence-electron chi connectivity index (χ1n) is 5.36. The van der Waals surface area contributed by atoms with Crippen molar-refractivity contribution in [3.8, 4) is 0 Å². The Kier molecular flexibility index (Phi) is 4.84. The molecular weight excluding hydrogens is 236 g/mol. The molecule has 94 valence electrons. The van der Waals surface area contributed by atoms with E-state index in [0.29, 0.717) is 0 Å². The van der Waals surface area contributed by atoms with Crippen LogP contribution in [0.4, 0.5) is 0 Å². The smallest absolute Gasteiger partial charge is 0.230 e. The Morgan fingerprint density at radius 3 is 2.59 bits per heavy atom. The Morgan fingerprint density at radius 2 is 2.06 bits per heavy atom. The third-order valence-corrected chi connectivity index (χ3v) is 3.83. The maximum Gasteiger partial charge on any atom is 0.230 e. The van der Waals surface area contributed by atoms with Gasteiger partial charge in [-0.15, -0.1) is 0 Å². The zero-order valence-corrected chi connectivity index (χ0v) is 10.9. The minimum Gasteiger partial charge on any atom is -0.369 e. The van der Waals surface area contributed by atoms with Gasteiger partial charge in [0, 0.05) is 22.6 Å². The number of aryl methyl sites for hydroxylation is 2. The third kappa shape index (κ3) is 4.28. The van der Waals surface area contributed by atoms with Crippen molar-refractivity contribution in [3.05, 3.63) is 34.9 Å². The quantitative estimate of drug-likeness (QED) is 0.804. The minimum absolute atomic E-state index is 0.126. The maximum absolute atomic E-state index is 11.5. The van der Waals surface area contributed by atoms with E-state index < -0.39 is 16.7 Å². The number of carbonyl (C=O) groups is 1. The van der Waals surface area contributed by atoms with E-state index in [1.807, 2.05) is 32.0 Å². The first kappa shape index (κ1) is 13.9. The second kappa shape index (κ2) is 5.93. The van der Waals surface area contributed by atoms with Crippen molar-refractivity contribution in [2.24, 2.45) is 11.5 Å². The van der Waals surface area contributed by atoms with Gasteiger partial charge in [0.1, 0.15) is 5.75 Å². The lowest BCUT2D eigenvalue weighted by atomic mass is 10.0. The molecule has 4 N–H and O–H groups in total. The van der Waals surface area contributed by atoms with E-state index in [4.69, 9.17) is 11.5 Å². The van der Waals surface area contributed by atoms with Gasteiger partial charge in [-0.25, -0.2) is 0 Å². The molecule has 1 amide bonds. The van der Waals surface area contributed by atoms with Crippen LogP contribution < -0.4 is 11.5 Å². The fourth-order valence-electron chi connectivity index (χ4n) is 1.75. The molecule has 0 radical (unpaired) electrons. The molecule has 0 spiro atoms. The first-order chi connectivity index (χ1) is 7.90. The molecule has 1 rings (SSSR count). The molecule has 0 bridgehead atoms.